The molecule has 2 aromatic rings. The number of rotatable bonds is 8. The predicted molar refractivity (Wildman–Crippen MR) is 92.1 cm³/mol. The summed E-state index contributed by atoms with van der Waals surface area (Å²) in [7, 11) is 0. The molecular formula is C19H25N3O. The summed E-state index contributed by atoms with van der Waals surface area (Å²) in [6.07, 6.45) is 11.0. The van der Waals surface area contributed by atoms with Gasteiger partial charge in [0.15, 0.2) is 0 Å². The van der Waals surface area contributed by atoms with Crippen molar-refractivity contribution in [3.05, 3.63) is 54.1 Å². The zero-order valence-electron chi connectivity index (χ0n) is 13.8. The second kappa shape index (κ2) is 9.72. The maximum Gasteiger partial charge on any atom is 0.246 e. The lowest BCUT2D eigenvalue weighted by molar-refractivity contribution is -0.118. The second-order valence-electron chi connectivity index (χ2n) is 5.69. The van der Waals surface area contributed by atoms with Crippen molar-refractivity contribution in [2.75, 3.05) is 0 Å². The standard InChI is InChI=1S/C19H25N3O/c1-2-3-4-5-6-10-13-19(23)21-17-14-15-22(20-16-17)18-11-8-7-9-12-18/h7-9,11-12,14-16H,2-6,10,13H2,1H3/b21-17-. The molecule has 1 aromatic carbocycles. The van der Waals surface area contributed by atoms with Crippen LogP contribution in [0.25, 0.3) is 5.69 Å². The molecule has 1 aromatic heterocycles. The monoisotopic (exact) mass is 311 g/mol. The van der Waals surface area contributed by atoms with E-state index in [1.54, 1.807) is 10.9 Å². The Labute approximate surface area is 137 Å². The van der Waals surface area contributed by atoms with Gasteiger partial charge in [0, 0.05) is 12.6 Å². The average molecular weight is 311 g/mol. The Morgan fingerprint density at radius 1 is 1.04 bits per heavy atom. The Hall–Kier alpha value is -2.23. The van der Waals surface area contributed by atoms with E-state index in [1.807, 2.05) is 42.6 Å². The van der Waals surface area contributed by atoms with E-state index in [2.05, 4.69) is 17.0 Å². The van der Waals surface area contributed by atoms with Crippen LogP contribution in [0, 0.1) is 0 Å². The smallest absolute Gasteiger partial charge is 0.246 e. The number of amides is 1. The first-order valence-corrected chi connectivity index (χ1v) is 8.47. The fourth-order valence-corrected chi connectivity index (χ4v) is 2.41. The number of hydrogen-bond donors (Lipinski definition) is 0. The quantitative estimate of drug-likeness (QED) is 0.690. The molecule has 0 aliphatic carbocycles. The number of para-hydroxylation sites is 1. The number of aromatic nitrogens is 2. The van der Waals surface area contributed by atoms with Crippen molar-refractivity contribution < 1.29 is 4.79 Å². The van der Waals surface area contributed by atoms with Crippen molar-refractivity contribution in [2.45, 2.75) is 51.9 Å². The van der Waals surface area contributed by atoms with Crippen LogP contribution in [0.3, 0.4) is 0 Å². The van der Waals surface area contributed by atoms with E-state index in [4.69, 9.17) is 0 Å². The number of hydrogen-bond acceptors (Lipinski definition) is 2. The SMILES string of the molecule is CCCCCCCCC(=O)/N=c1/ccn(-c2ccccc2)nc1. The Balaban J connectivity index is 1.84. The van der Waals surface area contributed by atoms with E-state index in [0.29, 0.717) is 11.8 Å². The zero-order chi connectivity index (χ0) is 16.3. The maximum atomic E-state index is 11.9. The highest BCUT2D eigenvalue weighted by Gasteiger charge is 1.99. The molecule has 0 aliphatic heterocycles. The fourth-order valence-electron chi connectivity index (χ4n) is 2.41. The van der Waals surface area contributed by atoms with Crippen molar-refractivity contribution in [1.29, 1.82) is 0 Å². The first kappa shape index (κ1) is 17.1. The topological polar surface area (TPSA) is 47.2 Å². The van der Waals surface area contributed by atoms with Crippen molar-refractivity contribution in [3.8, 4) is 5.69 Å². The van der Waals surface area contributed by atoms with Gasteiger partial charge in [0.05, 0.1) is 17.2 Å². The normalized spacial score (nSPS) is 11.6. The third-order valence-electron chi connectivity index (χ3n) is 3.72. The molecule has 4 heteroatoms. The summed E-state index contributed by atoms with van der Waals surface area (Å²) < 4.78 is 1.76. The molecule has 23 heavy (non-hydrogen) atoms. The van der Waals surface area contributed by atoms with Gasteiger partial charge in [0.2, 0.25) is 5.91 Å². The van der Waals surface area contributed by atoms with E-state index in [9.17, 15) is 4.79 Å². The molecule has 0 bridgehead atoms. The van der Waals surface area contributed by atoms with Crippen molar-refractivity contribution in [3.63, 3.8) is 0 Å². The van der Waals surface area contributed by atoms with E-state index in [1.165, 1.54) is 25.7 Å². The van der Waals surface area contributed by atoms with E-state index >= 15 is 0 Å². The summed E-state index contributed by atoms with van der Waals surface area (Å²) in [4.78, 5) is 16.0. The molecule has 0 saturated heterocycles. The van der Waals surface area contributed by atoms with E-state index < -0.39 is 0 Å². The summed E-state index contributed by atoms with van der Waals surface area (Å²) >= 11 is 0. The summed E-state index contributed by atoms with van der Waals surface area (Å²) in [5.74, 6) is -0.0558. The van der Waals surface area contributed by atoms with Crippen LogP contribution < -0.4 is 5.36 Å². The Bertz CT molecular complexity index is 641. The fraction of sp³-hybridized carbons (Fsp3) is 0.421. The van der Waals surface area contributed by atoms with Crippen LogP contribution in [-0.4, -0.2) is 15.7 Å². The van der Waals surface area contributed by atoms with Gasteiger partial charge in [-0.15, -0.1) is 0 Å². The van der Waals surface area contributed by atoms with Gasteiger partial charge >= 0.3 is 0 Å². The van der Waals surface area contributed by atoms with Gasteiger partial charge < -0.3 is 0 Å². The van der Waals surface area contributed by atoms with Crippen LogP contribution >= 0.6 is 0 Å². The Kier molecular flexibility index (Phi) is 7.24. The highest BCUT2D eigenvalue weighted by molar-refractivity contribution is 5.76. The number of carbonyl (C=O) groups excluding carboxylic acids is 1. The van der Waals surface area contributed by atoms with Crippen molar-refractivity contribution >= 4 is 5.91 Å². The molecule has 0 unspecified atom stereocenters. The molecule has 0 spiro atoms. The Morgan fingerprint density at radius 2 is 1.78 bits per heavy atom. The summed E-state index contributed by atoms with van der Waals surface area (Å²) in [5.41, 5.74) is 0.984. The van der Waals surface area contributed by atoms with Crippen molar-refractivity contribution in [1.82, 2.24) is 9.78 Å². The van der Waals surface area contributed by atoms with Crippen LogP contribution in [0.15, 0.2) is 53.8 Å². The minimum atomic E-state index is -0.0558. The highest BCUT2D eigenvalue weighted by Crippen LogP contribution is 2.07. The van der Waals surface area contributed by atoms with Crippen LogP contribution in [-0.2, 0) is 4.79 Å². The van der Waals surface area contributed by atoms with Crippen LogP contribution in [0.1, 0.15) is 51.9 Å². The molecule has 2 rings (SSSR count). The van der Waals surface area contributed by atoms with Gasteiger partial charge in [0.25, 0.3) is 0 Å². The number of unbranched alkanes of at least 4 members (excludes halogenated alkanes) is 5. The van der Waals surface area contributed by atoms with Crippen LogP contribution in [0.5, 0.6) is 0 Å². The van der Waals surface area contributed by atoms with E-state index in [0.717, 1.165) is 18.5 Å². The predicted octanol–water partition coefficient (Wildman–Crippen LogP) is 4.05. The second-order valence-corrected chi connectivity index (χ2v) is 5.69. The van der Waals surface area contributed by atoms with Gasteiger partial charge in [-0.25, -0.2) is 9.67 Å². The minimum Gasteiger partial charge on any atom is -0.273 e. The highest BCUT2D eigenvalue weighted by atomic mass is 16.1. The van der Waals surface area contributed by atoms with Crippen LogP contribution in [0.4, 0.5) is 0 Å². The molecule has 122 valence electrons. The molecule has 1 amide bonds. The molecule has 0 fully saturated rings. The van der Waals surface area contributed by atoms with Crippen molar-refractivity contribution in [2.24, 2.45) is 4.99 Å². The molecule has 1 heterocycles. The molecule has 0 aliphatic rings. The Morgan fingerprint density at radius 3 is 2.48 bits per heavy atom. The number of nitrogens with zero attached hydrogens (tertiary/aromatic N) is 3. The summed E-state index contributed by atoms with van der Waals surface area (Å²) in [5, 5.41) is 4.92. The van der Waals surface area contributed by atoms with Crippen LogP contribution in [0.2, 0.25) is 0 Å². The maximum absolute atomic E-state index is 11.9. The minimum absolute atomic E-state index is 0.0558. The third kappa shape index (κ3) is 6.19. The average Bonchev–Trinajstić information content (AvgIpc) is 2.59. The first-order chi connectivity index (χ1) is 11.3. The first-order valence-electron chi connectivity index (χ1n) is 8.47. The summed E-state index contributed by atoms with van der Waals surface area (Å²) in [6.45, 7) is 2.21. The van der Waals surface area contributed by atoms with Gasteiger partial charge in [-0.05, 0) is 24.6 Å². The molecule has 4 nitrogen and oxygen atoms in total. The zero-order valence-corrected chi connectivity index (χ0v) is 13.8. The lowest BCUT2D eigenvalue weighted by Crippen LogP contribution is -2.11. The van der Waals surface area contributed by atoms with Gasteiger partial charge in [-0.2, -0.15) is 5.10 Å². The largest absolute Gasteiger partial charge is 0.273 e. The lowest BCUT2D eigenvalue weighted by Gasteiger charge is -2.03. The number of carbonyl (C=O) groups is 1. The molecular weight excluding hydrogens is 286 g/mol. The van der Waals surface area contributed by atoms with E-state index in [-0.39, 0.29) is 5.91 Å². The van der Waals surface area contributed by atoms with Gasteiger partial charge in [0.1, 0.15) is 0 Å². The van der Waals surface area contributed by atoms with Gasteiger partial charge in [-0.3, -0.25) is 4.79 Å². The molecule has 0 radical (unpaired) electrons. The summed E-state index contributed by atoms with van der Waals surface area (Å²) in [6, 6.07) is 11.7. The molecule has 0 saturated carbocycles. The number of benzene rings is 1. The third-order valence-corrected chi connectivity index (χ3v) is 3.72. The lowest BCUT2D eigenvalue weighted by atomic mass is 10.1. The van der Waals surface area contributed by atoms with Gasteiger partial charge in [-0.1, -0.05) is 57.2 Å². The molecule has 0 atom stereocenters. The molecule has 0 N–H and O–H groups in total.